The number of rotatable bonds is 7. The van der Waals surface area contributed by atoms with Crippen LogP contribution >= 0.6 is 0 Å². The number of carbonyl (C=O) groups excluding carboxylic acids is 1. The Bertz CT molecular complexity index is 573. The van der Waals surface area contributed by atoms with E-state index in [1.165, 1.54) is 7.11 Å². The van der Waals surface area contributed by atoms with Gasteiger partial charge in [0.2, 0.25) is 0 Å². The fraction of sp³-hybridized carbons (Fsp3) is 0.500. The molecule has 2 rings (SSSR count). The first-order valence-electron chi connectivity index (χ1n) is 7.15. The number of esters is 1. The topological polar surface area (TPSA) is 98.9 Å². The molecule has 0 amide bonds. The summed E-state index contributed by atoms with van der Waals surface area (Å²) < 4.78 is 9.96. The van der Waals surface area contributed by atoms with Crippen LogP contribution in [0.4, 0.5) is 0 Å². The minimum atomic E-state index is -1.26. The molecular formula is C16H21NO5. The summed E-state index contributed by atoms with van der Waals surface area (Å²) in [5.74, 6) is -1.67. The van der Waals surface area contributed by atoms with E-state index in [2.05, 4.69) is 0 Å². The molecule has 1 saturated carbocycles. The zero-order valence-corrected chi connectivity index (χ0v) is 12.7. The number of methoxy groups -OCH3 is 2. The van der Waals surface area contributed by atoms with Gasteiger partial charge in [0.05, 0.1) is 20.1 Å². The van der Waals surface area contributed by atoms with E-state index < -0.39 is 23.4 Å². The molecule has 0 heterocycles. The van der Waals surface area contributed by atoms with Gasteiger partial charge in [-0.1, -0.05) is 12.1 Å². The van der Waals surface area contributed by atoms with E-state index in [1.54, 1.807) is 7.11 Å². The van der Waals surface area contributed by atoms with Gasteiger partial charge in [-0.2, -0.15) is 0 Å². The molecule has 0 bridgehead atoms. The van der Waals surface area contributed by atoms with Crippen molar-refractivity contribution in [1.29, 1.82) is 0 Å². The minimum Gasteiger partial charge on any atom is -0.497 e. The van der Waals surface area contributed by atoms with Crippen LogP contribution in [0.1, 0.15) is 18.4 Å². The van der Waals surface area contributed by atoms with Gasteiger partial charge in [-0.15, -0.1) is 0 Å². The Kier molecular flexibility index (Phi) is 4.71. The van der Waals surface area contributed by atoms with E-state index in [-0.39, 0.29) is 5.92 Å². The van der Waals surface area contributed by atoms with Crippen molar-refractivity contribution in [3.8, 4) is 5.75 Å². The third kappa shape index (κ3) is 3.22. The van der Waals surface area contributed by atoms with Crippen LogP contribution in [0, 0.1) is 11.8 Å². The monoisotopic (exact) mass is 306 g/mol. The average molecular weight is 306 g/mol. The molecule has 1 fully saturated rings. The van der Waals surface area contributed by atoms with Crippen LogP contribution in [0.3, 0.4) is 0 Å². The Morgan fingerprint density at radius 1 is 1.41 bits per heavy atom. The van der Waals surface area contributed by atoms with E-state index in [9.17, 15) is 9.59 Å². The van der Waals surface area contributed by atoms with Gasteiger partial charge in [0.1, 0.15) is 11.3 Å². The molecule has 6 nitrogen and oxygen atoms in total. The summed E-state index contributed by atoms with van der Waals surface area (Å²) in [5, 5.41) is 9.07. The van der Waals surface area contributed by atoms with E-state index in [4.69, 9.17) is 20.3 Å². The largest absolute Gasteiger partial charge is 0.497 e. The number of carbonyl (C=O) groups is 2. The number of aryl methyl sites for hydroxylation is 1. The maximum Gasteiger partial charge on any atom is 0.326 e. The average Bonchev–Trinajstić information content (AvgIpc) is 3.33. The van der Waals surface area contributed by atoms with Crippen molar-refractivity contribution in [2.24, 2.45) is 17.6 Å². The van der Waals surface area contributed by atoms with Gasteiger partial charge in [0.15, 0.2) is 0 Å². The Morgan fingerprint density at radius 3 is 2.68 bits per heavy atom. The molecular weight excluding hydrogens is 285 g/mol. The van der Waals surface area contributed by atoms with Crippen LogP contribution in [0.25, 0.3) is 0 Å². The number of carboxylic acids is 1. The maximum atomic E-state index is 12.1. The van der Waals surface area contributed by atoms with Gasteiger partial charge >= 0.3 is 11.9 Å². The van der Waals surface area contributed by atoms with Crippen molar-refractivity contribution in [3.63, 3.8) is 0 Å². The lowest BCUT2D eigenvalue weighted by Gasteiger charge is -2.27. The molecule has 120 valence electrons. The van der Waals surface area contributed by atoms with Crippen LogP contribution in [0.5, 0.6) is 5.75 Å². The van der Waals surface area contributed by atoms with Crippen LogP contribution in [-0.2, 0) is 20.7 Å². The predicted molar refractivity (Wildman–Crippen MR) is 79.5 cm³/mol. The maximum absolute atomic E-state index is 12.1. The second-order valence-corrected chi connectivity index (χ2v) is 5.67. The zero-order valence-electron chi connectivity index (χ0n) is 12.7. The SMILES string of the molecule is COC(=O)[C@](N)(CCc1cccc(O[11CH3])c1)[C@H]1C[C@@H]1C(=O)O. The van der Waals surface area contributed by atoms with E-state index in [0.717, 1.165) is 11.3 Å². The summed E-state index contributed by atoms with van der Waals surface area (Å²) in [5.41, 5.74) is 5.95. The molecule has 6 heteroatoms. The standard InChI is InChI=1S/C16H21NO5/c1-21-11-5-3-4-10(8-11)6-7-16(17,15(20)22-2)13-9-12(13)14(18)19/h3-5,8,12-13H,6-7,9,17H2,1-2H3,(H,18,19)/t12-,13-,16-/m0/s1/i1-1. The third-order valence-corrected chi connectivity index (χ3v) is 4.30. The highest BCUT2D eigenvalue weighted by molar-refractivity contribution is 5.84. The first-order valence-corrected chi connectivity index (χ1v) is 7.15. The highest BCUT2D eigenvalue weighted by atomic mass is 16.5. The summed E-state index contributed by atoms with van der Waals surface area (Å²) >= 11 is 0. The molecule has 3 atom stereocenters. The second kappa shape index (κ2) is 6.36. The van der Waals surface area contributed by atoms with Crippen molar-refractivity contribution in [1.82, 2.24) is 0 Å². The summed E-state index contributed by atoms with van der Waals surface area (Å²) in [6.07, 6.45) is 1.30. The van der Waals surface area contributed by atoms with E-state index in [0.29, 0.717) is 19.3 Å². The number of carboxylic acid groups (broad SMARTS) is 1. The van der Waals surface area contributed by atoms with Gasteiger partial charge in [-0.05, 0) is 37.0 Å². The molecule has 1 aliphatic rings. The number of hydrogen-bond donors (Lipinski definition) is 2. The number of benzene rings is 1. The quantitative estimate of drug-likeness (QED) is 0.735. The van der Waals surface area contributed by atoms with Gasteiger partial charge in [0, 0.05) is 5.92 Å². The van der Waals surface area contributed by atoms with Crippen molar-refractivity contribution in [2.75, 3.05) is 14.2 Å². The summed E-state index contributed by atoms with van der Waals surface area (Å²) in [6, 6.07) is 7.49. The molecule has 0 radical (unpaired) electrons. The molecule has 0 aliphatic heterocycles. The first-order chi connectivity index (χ1) is 10.4. The van der Waals surface area contributed by atoms with Gasteiger partial charge in [0.25, 0.3) is 0 Å². The normalized spacial score (nSPS) is 22.5. The summed E-state index contributed by atoms with van der Waals surface area (Å²) in [7, 11) is 2.86. The Labute approximate surface area is 129 Å². The fourth-order valence-corrected chi connectivity index (χ4v) is 2.85. The van der Waals surface area contributed by atoms with Crippen molar-refractivity contribution in [3.05, 3.63) is 29.8 Å². The minimum absolute atomic E-state index is 0.335. The lowest BCUT2D eigenvalue weighted by Crippen LogP contribution is -2.52. The summed E-state index contributed by atoms with van der Waals surface area (Å²) in [4.78, 5) is 23.1. The molecule has 0 aromatic heterocycles. The first kappa shape index (κ1) is 16.3. The van der Waals surface area contributed by atoms with Crippen LogP contribution in [-0.4, -0.2) is 36.8 Å². The number of nitrogens with two attached hydrogens (primary N) is 1. The molecule has 0 saturated heterocycles. The van der Waals surface area contributed by atoms with Crippen LogP contribution < -0.4 is 10.5 Å². The molecule has 0 unspecified atom stereocenters. The van der Waals surface area contributed by atoms with E-state index >= 15 is 0 Å². The zero-order chi connectivity index (χ0) is 16.3. The fourth-order valence-electron chi connectivity index (χ4n) is 2.85. The molecule has 1 aliphatic carbocycles. The highest BCUT2D eigenvalue weighted by Crippen LogP contribution is 2.47. The number of ether oxygens (including phenoxy) is 2. The Hall–Kier alpha value is -2.08. The highest BCUT2D eigenvalue weighted by Gasteiger charge is 2.58. The summed E-state index contributed by atoms with van der Waals surface area (Å²) in [6.45, 7) is 0. The van der Waals surface area contributed by atoms with Crippen LogP contribution in [0.2, 0.25) is 0 Å². The lowest BCUT2D eigenvalue weighted by molar-refractivity contribution is -0.149. The molecule has 1 aromatic carbocycles. The van der Waals surface area contributed by atoms with Crippen LogP contribution in [0.15, 0.2) is 24.3 Å². The Balaban J connectivity index is 2.10. The molecule has 0 spiro atoms. The predicted octanol–water partition coefficient (Wildman–Crippen LogP) is 1.22. The van der Waals surface area contributed by atoms with Gasteiger partial charge in [-0.25, -0.2) is 0 Å². The number of aliphatic carboxylic acids is 1. The molecule has 3 N–H and O–H groups in total. The molecule has 22 heavy (non-hydrogen) atoms. The van der Waals surface area contributed by atoms with Crippen molar-refractivity contribution in [2.45, 2.75) is 24.8 Å². The smallest absolute Gasteiger partial charge is 0.326 e. The van der Waals surface area contributed by atoms with Crippen molar-refractivity contribution < 1.29 is 24.2 Å². The lowest BCUT2D eigenvalue weighted by atomic mass is 9.86. The van der Waals surface area contributed by atoms with Crippen molar-refractivity contribution >= 4 is 11.9 Å². The van der Waals surface area contributed by atoms with Gasteiger partial charge in [-0.3, -0.25) is 9.59 Å². The molecule has 1 aromatic rings. The van der Waals surface area contributed by atoms with E-state index in [1.807, 2.05) is 24.3 Å². The third-order valence-electron chi connectivity index (χ3n) is 4.30. The number of hydrogen-bond acceptors (Lipinski definition) is 5. The Morgan fingerprint density at radius 2 is 2.14 bits per heavy atom. The van der Waals surface area contributed by atoms with Gasteiger partial charge < -0.3 is 20.3 Å². The second-order valence-electron chi connectivity index (χ2n) is 5.67.